The van der Waals surface area contributed by atoms with E-state index in [0.717, 1.165) is 70.6 Å². The van der Waals surface area contributed by atoms with E-state index < -0.39 is 6.10 Å². The van der Waals surface area contributed by atoms with Crippen LogP contribution in [0.15, 0.2) is 24.3 Å². The molecule has 0 aromatic heterocycles. The summed E-state index contributed by atoms with van der Waals surface area (Å²) in [6, 6.07) is 0. The molecule has 66 heavy (non-hydrogen) atoms. The van der Waals surface area contributed by atoms with Crippen LogP contribution in [0.2, 0.25) is 0 Å². The van der Waals surface area contributed by atoms with Crippen LogP contribution in [-0.4, -0.2) is 37.2 Å². The van der Waals surface area contributed by atoms with Gasteiger partial charge in [-0.1, -0.05) is 257 Å². The number of rotatable bonds is 54. The molecule has 1 atom stereocenters. The van der Waals surface area contributed by atoms with Crippen molar-refractivity contribution in [2.24, 2.45) is 0 Å². The third-order valence-electron chi connectivity index (χ3n) is 13.2. The zero-order valence-electron chi connectivity index (χ0n) is 44.5. The van der Waals surface area contributed by atoms with Crippen LogP contribution in [0, 0.1) is 0 Å². The SMILES string of the molecule is CCCCCC/C=C\CCCCCCCC(=O)OCC(COC(=O)CCCCCCCCCCCCCCCCCCCCCC)OC(=O)CCCCCCC/C=C\CCCCCCCC. The summed E-state index contributed by atoms with van der Waals surface area (Å²) in [6.45, 7) is 6.65. The molecule has 0 amide bonds. The topological polar surface area (TPSA) is 78.9 Å². The fraction of sp³-hybridized carbons (Fsp3) is 0.883. The third kappa shape index (κ3) is 52.9. The van der Waals surface area contributed by atoms with Crippen LogP contribution in [-0.2, 0) is 28.6 Å². The van der Waals surface area contributed by atoms with Gasteiger partial charge in [0.1, 0.15) is 13.2 Å². The van der Waals surface area contributed by atoms with Crippen molar-refractivity contribution in [1.29, 1.82) is 0 Å². The normalized spacial score (nSPS) is 12.1. The van der Waals surface area contributed by atoms with Gasteiger partial charge in [0, 0.05) is 19.3 Å². The Morgan fingerprint density at radius 2 is 0.500 bits per heavy atom. The Kier molecular flexibility index (Phi) is 53.7. The van der Waals surface area contributed by atoms with E-state index in [1.165, 1.54) is 212 Å². The lowest BCUT2D eigenvalue weighted by molar-refractivity contribution is -0.167. The first-order valence-corrected chi connectivity index (χ1v) is 29.3. The molecule has 0 spiro atoms. The smallest absolute Gasteiger partial charge is 0.306 e. The number of hydrogen-bond donors (Lipinski definition) is 0. The summed E-state index contributed by atoms with van der Waals surface area (Å²) in [5.74, 6) is -0.871. The number of hydrogen-bond acceptors (Lipinski definition) is 6. The number of carbonyl (C=O) groups excluding carboxylic acids is 3. The molecule has 0 bridgehead atoms. The summed E-state index contributed by atoms with van der Waals surface area (Å²) < 4.78 is 16.9. The summed E-state index contributed by atoms with van der Waals surface area (Å²) in [6.07, 6.45) is 64.6. The molecule has 0 aromatic carbocycles. The van der Waals surface area contributed by atoms with Gasteiger partial charge in [-0.25, -0.2) is 0 Å². The van der Waals surface area contributed by atoms with Gasteiger partial charge in [0.25, 0.3) is 0 Å². The van der Waals surface area contributed by atoms with E-state index in [1.54, 1.807) is 0 Å². The van der Waals surface area contributed by atoms with Gasteiger partial charge in [0.2, 0.25) is 0 Å². The third-order valence-corrected chi connectivity index (χ3v) is 13.2. The number of esters is 3. The number of unbranched alkanes of at least 4 members (excludes halogenated alkanes) is 39. The average Bonchev–Trinajstić information content (AvgIpc) is 3.31. The maximum atomic E-state index is 12.8. The molecule has 0 aliphatic rings. The van der Waals surface area contributed by atoms with E-state index in [1.807, 2.05) is 0 Å². The van der Waals surface area contributed by atoms with Crippen LogP contribution in [0.4, 0.5) is 0 Å². The largest absolute Gasteiger partial charge is 0.462 e. The highest BCUT2D eigenvalue weighted by Gasteiger charge is 2.19. The Morgan fingerprint density at radius 1 is 0.288 bits per heavy atom. The molecule has 0 aromatic rings. The maximum absolute atomic E-state index is 12.8. The molecule has 0 fully saturated rings. The highest BCUT2D eigenvalue weighted by Crippen LogP contribution is 2.17. The Morgan fingerprint density at radius 3 is 0.773 bits per heavy atom. The minimum absolute atomic E-state index is 0.0728. The van der Waals surface area contributed by atoms with E-state index in [9.17, 15) is 14.4 Å². The summed E-state index contributed by atoms with van der Waals surface area (Å²) >= 11 is 0. The highest BCUT2D eigenvalue weighted by molar-refractivity contribution is 5.71. The maximum Gasteiger partial charge on any atom is 0.306 e. The van der Waals surface area contributed by atoms with Crippen LogP contribution < -0.4 is 0 Å². The monoisotopic (exact) mass is 929 g/mol. The standard InChI is InChI=1S/C60H112O6/c1-4-7-10-13-16-19-22-25-27-28-29-30-31-33-35-38-41-44-47-50-53-59(62)65-56-57(55-64-58(61)52-49-46-43-40-37-34-24-21-18-15-12-9-6-3)66-60(63)54-51-48-45-42-39-36-32-26-23-20-17-14-11-8-5-2/h21,24,26,32,57H,4-20,22-23,25,27-31,33-56H2,1-3H3/b24-21-,32-26-. The second kappa shape index (κ2) is 55.5. The second-order valence-electron chi connectivity index (χ2n) is 19.9. The fourth-order valence-corrected chi connectivity index (χ4v) is 8.73. The van der Waals surface area contributed by atoms with E-state index in [-0.39, 0.29) is 31.1 Å². The Balaban J connectivity index is 4.30. The zero-order chi connectivity index (χ0) is 47.9. The minimum atomic E-state index is -0.775. The van der Waals surface area contributed by atoms with Crippen molar-refractivity contribution in [3.05, 3.63) is 24.3 Å². The molecule has 0 saturated heterocycles. The number of carbonyl (C=O) groups is 3. The molecule has 1 unspecified atom stereocenters. The van der Waals surface area contributed by atoms with Gasteiger partial charge in [-0.15, -0.1) is 0 Å². The lowest BCUT2D eigenvalue weighted by Gasteiger charge is -2.18. The van der Waals surface area contributed by atoms with Crippen molar-refractivity contribution in [2.45, 2.75) is 329 Å². The van der Waals surface area contributed by atoms with Crippen molar-refractivity contribution in [3.8, 4) is 0 Å². The predicted octanol–water partition coefficient (Wildman–Crippen LogP) is 19.5. The molecular weight excluding hydrogens is 817 g/mol. The van der Waals surface area contributed by atoms with Crippen LogP contribution in [0.1, 0.15) is 323 Å². The fourth-order valence-electron chi connectivity index (χ4n) is 8.73. The van der Waals surface area contributed by atoms with Gasteiger partial charge in [-0.3, -0.25) is 14.4 Å². The predicted molar refractivity (Wildman–Crippen MR) is 284 cm³/mol. The van der Waals surface area contributed by atoms with Gasteiger partial charge in [0.05, 0.1) is 0 Å². The Bertz CT molecular complexity index is 1070. The van der Waals surface area contributed by atoms with Crippen molar-refractivity contribution in [1.82, 2.24) is 0 Å². The van der Waals surface area contributed by atoms with Crippen LogP contribution in [0.25, 0.3) is 0 Å². The molecule has 6 nitrogen and oxygen atoms in total. The van der Waals surface area contributed by atoms with Crippen molar-refractivity contribution in [2.75, 3.05) is 13.2 Å². The van der Waals surface area contributed by atoms with E-state index >= 15 is 0 Å². The van der Waals surface area contributed by atoms with Gasteiger partial charge in [-0.05, 0) is 70.6 Å². The molecule has 0 saturated carbocycles. The highest BCUT2D eigenvalue weighted by atomic mass is 16.6. The summed E-state index contributed by atoms with van der Waals surface area (Å²) in [5.41, 5.74) is 0. The molecular formula is C60H112O6. The lowest BCUT2D eigenvalue weighted by atomic mass is 10.0. The molecule has 6 heteroatoms. The molecule has 0 heterocycles. The van der Waals surface area contributed by atoms with Crippen molar-refractivity contribution in [3.63, 3.8) is 0 Å². The van der Waals surface area contributed by atoms with Crippen molar-refractivity contribution >= 4 is 17.9 Å². The zero-order valence-corrected chi connectivity index (χ0v) is 44.5. The molecule has 0 N–H and O–H groups in total. The Hall–Kier alpha value is -2.11. The molecule has 0 rings (SSSR count). The number of ether oxygens (including phenoxy) is 3. The summed E-state index contributed by atoms with van der Waals surface area (Å²) in [5, 5.41) is 0. The van der Waals surface area contributed by atoms with Gasteiger partial charge >= 0.3 is 17.9 Å². The number of allylic oxidation sites excluding steroid dienone is 4. The summed E-state index contributed by atoms with van der Waals surface area (Å²) in [7, 11) is 0. The molecule has 0 aliphatic heterocycles. The van der Waals surface area contributed by atoms with E-state index in [4.69, 9.17) is 14.2 Å². The lowest BCUT2D eigenvalue weighted by Crippen LogP contribution is -2.30. The van der Waals surface area contributed by atoms with Gasteiger partial charge in [0.15, 0.2) is 6.10 Å². The van der Waals surface area contributed by atoms with Crippen LogP contribution in [0.3, 0.4) is 0 Å². The van der Waals surface area contributed by atoms with Crippen molar-refractivity contribution < 1.29 is 28.6 Å². The van der Waals surface area contributed by atoms with Crippen LogP contribution in [0.5, 0.6) is 0 Å². The first-order chi connectivity index (χ1) is 32.5. The molecule has 0 aliphatic carbocycles. The first-order valence-electron chi connectivity index (χ1n) is 29.3. The Labute approximate surface area is 411 Å². The average molecular weight is 930 g/mol. The summed E-state index contributed by atoms with van der Waals surface area (Å²) in [4.78, 5) is 38.1. The van der Waals surface area contributed by atoms with E-state index in [2.05, 4.69) is 45.1 Å². The van der Waals surface area contributed by atoms with Crippen LogP contribution >= 0.6 is 0 Å². The molecule has 388 valence electrons. The second-order valence-corrected chi connectivity index (χ2v) is 19.9. The first kappa shape index (κ1) is 63.9. The van der Waals surface area contributed by atoms with Gasteiger partial charge in [-0.2, -0.15) is 0 Å². The molecule has 0 radical (unpaired) electrons. The minimum Gasteiger partial charge on any atom is -0.462 e. The van der Waals surface area contributed by atoms with Gasteiger partial charge < -0.3 is 14.2 Å². The van der Waals surface area contributed by atoms with E-state index in [0.29, 0.717) is 19.3 Å². The quantitative estimate of drug-likeness (QED) is 0.0262.